The quantitative estimate of drug-likeness (QED) is 0.344. The second-order valence-electron chi connectivity index (χ2n) is 12.0. The van der Waals surface area contributed by atoms with Crippen molar-refractivity contribution in [2.75, 3.05) is 46.4 Å². The number of methoxy groups -OCH3 is 1. The fourth-order valence-electron chi connectivity index (χ4n) is 6.23. The summed E-state index contributed by atoms with van der Waals surface area (Å²) in [5.41, 5.74) is 2.29. The van der Waals surface area contributed by atoms with Crippen molar-refractivity contribution in [1.82, 2.24) is 9.80 Å². The number of nitrogens with zero attached hydrogens (tertiary/aromatic N) is 2. The molecule has 2 N–H and O–H groups in total. The monoisotopic (exact) mass is 622 g/mol. The van der Waals surface area contributed by atoms with Gasteiger partial charge in [0.25, 0.3) is 5.91 Å². The Bertz CT molecular complexity index is 1460. The fourth-order valence-corrected chi connectivity index (χ4v) is 6.43. The van der Waals surface area contributed by atoms with Gasteiger partial charge in [-0.1, -0.05) is 23.7 Å². The molecule has 3 aliphatic heterocycles. The highest BCUT2D eigenvalue weighted by molar-refractivity contribution is 6.30. The third-order valence-corrected chi connectivity index (χ3v) is 8.96. The molecular formula is C34H39ClN2O7. The summed E-state index contributed by atoms with van der Waals surface area (Å²) < 4.78 is 23.7. The molecule has 234 valence electrons. The largest absolute Gasteiger partial charge is 0.497 e. The van der Waals surface area contributed by atoms with E-state index in [4.69, 9.17) is 30.5 Å². The van der Waals surface area contributed by atoms with Gasteiger partial charge in [0.05, 0.1) is 18.8 Å². The van der Waals surface area contributed by atoms with Crippen LogP contribution in [0, 0.1) is 0 Å². The van der Waals surface area contributed by atoms with Crippen molar-refractivity contribution in [2.24, 2.45) is 0 Å². The third-order valence-electron chi connectivity index (χ3n) is 8.73. The topological polar surface area (TPSA) is 101 Å². The van der Waals surface area contributed by atoms with Crippen LogP contribution in [0.4, 0.5) is 0 Å². The molecule has 0 bridgehead atoms. The number of likely N-dealkylation sites (tertiary alicyclic amines) is 2. The van der Waals surface area contributed by atoms with E-state index in [9.17, 15) is 15.0 Å². The SMILES string of the molecule is COc1ccc(COc2ccc(C(=O)N3CC[C@H](O)C3)c(OC[C@@H](O)CN3CCC4(CC3)Cc3cc(Cl)ccc3O4)c2)cc1. The second-order valence-corrected chi connectivity index (χ2v) is 12.4. The standard InChI is InChI=1S/C34H39ClN2O7/c1-41-28-5-2-23(3-6-28)21-42-29-7-8-30(33(40)37-13-10-26(38)20-37)32(17-29)43-22-27(39)19-36-14-11-34(12-15-36)18-24-16-25(35)4-9-31(24)44-34/h2-9,16-17,26-27,38-39H,10-15,18-22H2,1H3/t26-,27-/m0/s1. The van der Waals surface area contributed by atoms with E-state index in [0.29, 0.717) is 43.2 Å². The van der Waals surface area contributed by atoms with Gasteiger partial charge < -0.3 is 39.0 Å². The molecule has 0 aromatic heterocycles. The van der Waals surface area contributed by atoms with Gasteiger partial charge in [-0.25, -0.2) is 0 Å². The smallest absolute Gasteiger partial charge is 0.257 e. The molecule has 0 unspecified atom stereocenters. The summed E-state index contributed by atoms with van der Waals surface area (Å²) >= 11 is 6.18. The van der Waals surface area contributed by atoms with E-state index in [-0.39, 0.29) is 24.7 Å². The Hall–Kier alpha value is -3.50. The number of hydrogen-bond donors (Lipinski definition) is 2. The Morgan fingerprint density at radius 1 is 1.05 bits per heavy atom. The maximum Gasteiger partial charge on any atom is 0.257 e. The molecule has 0 radical (unpaired) electrons. The molecule has 1 amide bonds. The highest BCUT2D eigenvalue weighted by Gasteiger charge is 2.42. The molecule has 3 aromatic rings. The lowest BCUT2D eigenvalue weighted by Gasteiger charge is -2.39. The second kappa shape index (κ2) is 13.2. The minimum absolute atomic E-state index is 0.0208. The maximum absolute atomic E-state index is 13.3. The van der Waals surface area contributed by atoms with Crippen molar-refractivity contribution in [1.29, 1.82) is 0 Å². The molecule has 10 heteroatoms. The van der Waals surface area contributed by atoms with Gasteiger partial charge in [0, 0.05) is 63.1 Å². The highest BCUT2D eigenvalue weighted by atomic mass is 35.5. The number of benzene rings is 3. The molecule has 1 spiro atoms. The van der Waals surface area contributed by atoms with E-state index >= 15 is 0 Å². The summed E-state index contributed by atoms with van der Waals surface area (Å²) in [4.78, 5) is 17.2. The zero-order valence-electron chi connectivity index (χ0n) is 24.9. The molecule has 2 atom stereocenters. The number of amides is 1. The summed E-state index contributed by atoms with van der Waals surface area (Å²) in [5, 5.41) is 21.6. The first-order valence-electron chi connectivity index (χ1n) is 15.2. The van der Waals surface area contributed by atoms with E-state index in [0.717, 1.165) is 60.0 Å². The van der Waals surface area contributed by atoms with Crippen molar-refractivity contribution in [2.45, 2.75) is 50.1 Å². The molecule has 3 aromatic carbocycles. The van der Waals surface area contributed by atoms with Gasteiger partial charge in [0.15, 0.2) is 0 Å². The average Bonchev–Trinajstić information content (AvgIpc) is 3.63. The Balaban J connectivity index is 1.06. The van der Waals surface area contributed by atoms with Gasteiger partial charge in [0.1, 0.15) is 47.9 Å². The van der Waals surface area contributed by atoms with Gasteiger partial charge >= 0.3 is 0 Å². The number of carbonyl (C=O) groups is 1. The van der Waals surface area contributed by atoms with E-state index in [1.54, 1.807) is 30.2 Å². The first-order chi connectivity index (χ1) is 21.3. The number of β-amino-alcohol motifs (C(OH)–C–C–N with tert-alkyl or cyclic N) is 2. The zero-order valence-corrected chi connectivity index (χ0v) is 25.7. The fraction of sp³-hybridized carbons (Fsp3) is 0.441. The number of hydrogen-bond acceptors (Lipinski definition) is 8. The number of aliphatic hydroxyl groups is 2. The van der Waals surface area contributed by atoms with Crippen LogP contribution in [-0.2, 0) is 13.0 Å². The first kappa shape index (κ1) is 30.5. The third kappa shape index (κ3) is 7.07. The van der Waals surface area contributed by atoms with Gasteiger partial charge in [-0.3, -0.25) is 4.79 Å². The van der Waals surface area contributed by atoms with Crippen molar-refractivity contribution in [3.8, 4) is 23.0 Å². The zero-order chi connectivity index (χ0) is 30.7. The van der Waals surface area contributed by atoms with Crippen LogP contribution in [0.25, 0.3) is 0 Å². The molecule has 0 saturated carbocycles. The van der Waals surface area contributed by atoms with Gasteiger partial charge in [-0.2, -0.15) is 0 Å². The van der Waals surface area contributed by atoms with Crippen LogP contribution in [-0.4, -0.2) is 90.2 Å². The van der Waals surface area contributed by atoms with Gasteiger partial charge in [0.2, 0.25) is 0 Å². The number of piperidine rings is 1. The molecule has 9 nitrogen and oxygen atoms in total. The normalized spacial score (nSPS) is 19.8. The highest BCUT2D eigenvalue weighted by Crippen LogP contribution is 2.42. The number of aliphatic hydroxyl groups excluding tert-OH is 2. The van der Waals surface area contributed by atoms with Crippen molar-refractivity contribution < 1.29 is 34.0 Å². The first-order valence-corrected chi connectivity index (χ1v) is 15.5. The van der Waals surface area contributed by atoms with Crippen LogP contribution in [0.15, 0.2) is 60.7 Å². The average molecular weight is 623 g/mol. The number of carbonyl (C=O) groups excluding carboxylic acids is 1. The molecule has 3 heterocycles. The molecule has 2 saturated heterocycles. The summed E-state index contributed by atoms with van der Waals surface area (Å²) in [6, 6.07) is 18.5. The minimum Gasteiger partial charge on any atom is -0.497 e. The summed E-state index contributed by atoms with van der Waals surface area (Å²) in [6.45, 7) is 3.17. The Kier molecular flexibility index (Phi) is 9.18. The van der Waals surface area contributed by atoms with E-state index in [1.807, 2.05) is 42.5 Å². The minimum atomic E-state index is -0.759. The molecule has 44 heavy (non-hydrogen) atoms. The molecule has 2 fully saturated rings. The number of rotatable bonds is 10. The summed E-state index contributed by atoms with van der Waals surface area (Å²) in [5.74, 6) is 2.36. The lowest BCUT2D eigenvalue weighted by Crippen LogP contribution is -2.49. The van der Waals surface area contributed by atoms with Crippen LogP contribution in [0.5, 0.6) is 23.0 Å². The molecular weight excluding hydrogens is 584 g/mol. The van der Waals surface area contributed by atoms with Crippen LogP contribution >= 0.6 is 11.6 Å². The summed E-state index contributed by atoms with van der Waals surface area (Å²) in [6.07, 6.45) is 1.84. The number of fused-ring (bicyclic) bond motifs is 1. The molecule has 0 aliphatic carbocycles. The number of halogens is 1. The maximum atomic E-state index is 13.3. The molecule has 3 aliphatic rings. The Morgan fingerprint density at radius 3 is 2.55 bits per heavy atom. The number of ether oxygens (including phenoxy) is 4. The Morgan fingerprint density at radius 2 is 1.82 bits per heavy atom. The summed E-state index contributed by atoms with van der Waals surface area (Å²) in [7, 11) is 1.62. The lowest BCUT2D eigenvalue weighted by atomic mass is 9.87. The van der Waals surface area contributed by atoms with Gasteiger partial charge in [-0.05, 0) is 60.0 Å². The van der Waals surface area contributed by atoms with Gasteiger partial charge in [-0.15, -0.1) is 0 Å². The van der Waals surface area contributed by atoms with Crippen LogP contribution in [0.3, 0.4) is 0 Å². The predicted molar refractivity (Wildman–Crippen MR) is 166 cm³/mol. The molecule has 6 rings (SSSR count). The Labute approximate surface area is 262 Å². The van der Waals surface area contributed by atoms with Crippen molar-refractivity contribution >= 4 is 17.5 Å². The van der Waals surface area contributed by atoms with E-state index < -0.39 is 12.2 Å². The van der Waals surface area contributed by atoms with Crippen LogP contribution in [0.1, 0.15) is 40.7 Å². The van der Waals surface area contributed by atoms with E-state index in [2.05, 4.69) is 4.90 Å². The van der Waals surface area contributed by atoms with Crippen LogP contribution < -0.4 is 18.9 Å². The van der Waals surface area contributed by atoms with Crippen molar-refractivity contribution in [3.05, 3.63) is 82.4 Å². The van der Waals surface area contributed by atoms with E-state index in [1.165, 1.54) is 0 Å². The van der Waals surface area contributed by atoms with Crippen LogP contribution in [0.2, 0.25) is 5.02 Å². The van der Waals surface area contributed by atoms with Crippen molar-refractivity contribution in [3.63, 3.8) is 0 Å². The predicted octanol–water partition coefficient (Wildman–Crippen LogP) is 4.34. The lowest BCUT2D eigenvalue weighted by molar-refractivity contribution is -0.00203.